The van der Waals surface area contributed by atoms with Gasteiger partial charge in [-0.1, -0.05) is 0 Å². The number of alkyl halides is 3. The van der Waals surface area contributed by atoms with Gasteiger partial charge in [-0.3, -0.25) is 4.79 Å². The van der Waals surface area contributed by atoms with Crippen LogP contribution in [0.4, 0.5) is 13.2 Å². The zero-order valence-corrected chi connectivity index (χ0v) is 7.49. The zero-order chi connectivity index (χ0) is 10.2. The summed E-state index contributed by atoms with van der Waals surface area (Å²) in [7, 11) is 1.20. The lowest BCUT2D eigenvalue weighted by molar-refractivity contribution is -0.127. The molecule has 0 aromatic heterocycles. The van der Waals surface area contributed by atoms with E-state index in [4.69, 9.17) is 0 Å². The Morgan fingerprint density at radius 3 is 2.62 bits per heavy atom. The Morgan fingerprint density at radius 1 is 1.62 bits per heavy atom. The summed E-state index contributed by atoms with van der Waals surface area (Å²) < 4.78 is 36.6. The maximum Gasteiger partial charge on any atom is 0.431 e. The number of hydrogen-bond acceptors (Lipinski definition) is 3. The molecule has 0 bridgehead atoms. The maximum absolute atomic E-state index is 12.2. The molecule has 0 saturated carbocycles. The van der Waals surface area contributed by atoms with E-state index in [1.807, 2.05) is 0 Å². The molecule has 1 unspecified atom stereocenters. The van der Waals surface area contributed by atoms with Crippen molar-refractivity contribution >= 4 is 18.5 Å². The molecule has 0 fully saturated rings. The lowest BCUT2D eigenvalue weighted by Crippen LogP contribution is -2.48. The Morgan fingerprint density at radius 2 is 2.15 bits per heavy atom. The highest BCUT2D eigenvalue weighted by Crippen LogP contribution is 2.30. The minimum Gasteiger partial charge on any atom is -0.342 e. The number of halogens is 3. The second kappa shape index (κ2) is 3.13. The van der Waals surface area contributed by atoms with E-state index in [1.165, 1.54) is 7.05 Å². The molecular weight excluding hydrogens is 205 g/mol. The molecule has 0 saturated heterocycles. The molecule has 74 valence electrons. The lowest BCUT2D eigenvalue weighted by Gasteiger charge is -2.32. The lowest BCUT2D eigenvalue weighted by atomic mass is 10.3. The Hall–Kier alpha value is -0.850. The van der Waals surface area contributed by atoms with E-state index in [9.17, 15) is 18.0 Å². The molecule has 0 aromatic rings. The molecule has 1 heterocycles. The first-order chi connectivity index (χ1) is 5.82. The molecule has 1 aliphatic heterocycles. The summed E-state index contributed by atoms with van der Waals surface area (Å²) in [4.78, 5) is 11.6. The van der Waals surface area contributed by atoms with Crippen LogP contribution in [0.25, 0.3) is 0 Å². The molecule has 0 spiro atoms. The van der Waals surface area contributed by atoms with Gasteiger partial charge in [-0.05, 0) is 0 Å². The van der Waals surface area contributed by atoms with E-state index < -0.39 is 23.3 Å². The fourth-order valence-electron chi connectivity index (χ4n) is 0.905. The number of nitrogens with zero attached hydrogens (tertiary/aromatic N) is 1. The first-order valence-corrected chi connectivity index (χ1v) is 3.84. The summed E-state index contributed by atoms with van der Waals surface area (Å²) in [6, 6.07) is 0. The summed E-state index contributed by atoms with van der Waals surface area (Å²) in [5.41, 5.74) is -1.93. The smallest absolute Gasteiger partial charge is 0.342 e. The minimum absolute atomic E-state index is 0.507. The van der Waals surface area contributed by atoms with Crippen LogP contribution in [-0.4, -0.2) is 29.5 Å². The average Bonchev–Trinajstić information content (AvgIpc) is 1.94. The third-order valence-corrected chi connectivity index (χ3v) is 2.05. The van der Waals surface area contributed by atoms with Gasteiger partial charge in [0, 0.05) is 13.1 Å². The maximum atomic E-state index is 12.2. The predicted octanol–water partition coefficient (Wildman–Crippen LogP) is 0.708. The van der Waals surface area contributed by atoms with Crippen LogP contribution in [-0.2, 0) is 4.79 Å². The van der Waals surface area contributed by atoms with Crippen molar-refractivity contribution in [2.24, 2.45) is 0 Å². The molecular formula is C6H7F3N2OS. The number of rotatable bonds is 0. The van der Waals surface area contributed by atoms with Gasteiger partial charge < -0.3 is 10.2 Å². The van der Waals surface area contributed by atoms with Gasteiger partial charge in [-0.2, -0.15) is 13.2 Å². The second-order valence-corrected chi connectivity index (χ2v) is 3.01. The molecule has 1 N–H and O–H groups in total. The van der Waals surface area contributed by atoms with E-state index in [0.29, 0.717) is 6.08 Å². The molecule has 1 amide bonds. The van der Waals surface area contributed by atoms with Crippen molar-refractivity contribution in [2.75, 3.05) is 7.05 Å². The molecule has 0 aliphatic carbocycles. The monoisotopic (exact) mass is 212 g/mol. The average molecular weight is 212 g/mol. The van der Waals surface area contributed by atoms with E-state index in [0.717, 1.165) is 4.90 Å². The van der Waals surface area contributed by atoms with Crippen molar-refractivity contribution in [1.29, 1.82) is 0 Å². The van der Waals surface area contributed by atoms with E-state index >= 15 is 0 Å². The highest BCUT2D eigenvalue weighted by molar-refractivity contribution is 7.80. The van der Waals surface area contributed by atoms with Crippen LogP contribution in [0.15, 0.2) is 11.8 Å². The van der Waals surface area contributed by atoms with Crippen LogP contribution in [0.5, 0.6) is 0 Å². The van der Waals surface area contributed by atoms with Gasteiger partial charge in [-0.25, -0.2) is 0 Å². The molecule has 7 heteroatoms. The minimum atomic E-state index is -4.52. The van der Waals surface area contributed by atoms with Crippen LogP contribution < -0.4 is 5.32 Å². The van der Waals surface area contributed by atoms with Crippen molar-refractivity contribution in [3.63, 3.8) is 0 Å². The van der Waals surface area contributed by atoms with Gasteiger partial charge in [-0.15, -0.1) is 12.6 Å². The third kappa shape index (κ3) is 2.09. The Kier molecular flexibility index (Phi) is 2.47. The third-order valence-electron chi connectivity index (χ3n) is 1.58. The van der Waals surface area contributed by atoms with Crippen LogP contribution >= 0.6 is 12.6 Å². The molecule has 3 nitrogen and oxygen atoms in total. The first-order valence-electron chi connectivity index (χ1n) is 3.32. The summed E-state index contributed by atoms with van der Waals surface area (Å²) in [5.74, 6) is -0.787. The standard InChI is InChI=1S/C6H7F3N2OS/c1-11-3(6(7,8)9)2-4(12)10-5(11)13/h2,5,13H,1H3,(H,10,12). The van der Waals surface area contributed by atoms with E-state index in [2.05, 4.69) is 17.9 Å². The first kappa shape index (κ1) is 10.2. The van der Waals surface area contributed by atoms with Crippen molar-refractivity contribution in [3.05, 3.63) is 11.8 Å². The topological polar surface area (TPSA) is 32.3 Å². The van der Waals surface area contributed by atoms with Gasteiger partial charge in [0.1, 0.15) is 11.2 Å². The van der Waals surface area contributed by atoms with Crippen molar-refractivity contribution in [2.45, 2.75) is 11.7 Å². The summed E-state index contributed by atoms with van der Waals surface area (Å²) in [5, 5.41) is 2.21. The highest BCUT2D eigenvalue weighted by atomic mass is 32.1. The van der Waals surface area contributed by atoms with Crippen molar-refractivity contribution in [3.8, 4) is 0 Å². The van der Waals surface area contributed by atoms with Crippen molar-refractivity contribution < 1.29 is 18.0 Å². The summed E-state index contributed by atoms with van der Waals surface area (Å²) in [6.45, 7) is 0. The predicted molar refractivity (Wildman–Crippen MR) is 42.8 cm³/mol. The summed E-state index contributed by atoms with van der Waals surface area (Å²) >= 11 is 3.76. The van der Waals surface area contributed by atoms with Crippen LogP contribution in [0.3, 0.4) is 0 Å². The molecule has 1 rings (SSSR count). The largest absolute Gasteiger partial charge is 0.431 e. The van der Waals surface area contributed by atoms with Gasteiger partial charge in [0.05, 0.1) is 0 Å². The Bertz CT molecular complexity index is 263. The van der Waals surface area contributed by atoms with Crippen LogP contribution in [0.2, 0.25) is 0 Å². The van der Waals surface area contributed by atoms with E-state index in [-0.39, 0.29) is 0 Å². The van der Waals surface area contributed by atoms with Gasteiger partial charge >= 0.3 is 6.18 Å². The molecule has 1 atom stereocenters. The molecule has 13 heavy (non-hydrogen) atoms. The number of amides is 1. The SMILES string of the molecule is CN1C(C(F)(F)F)=CC(=O)NC1S. The fraction of sp³-hybridized carbons (Fsp3) is 0.500. The number of thiol groups is 1. The second-order valence-electron chi connectivity index (χ2n) is 2.52. The van der Waals surface area contributed by atoms with Gasteiger partial charge in [0.25, 0.3) is 0 Å². The summed E-state index contributed by atoms with van der Waals surface area (Å²) in [6.07, 6.45) is -4.01. The normalized spacial score (nSPS) is 24.1. The fourth-order valence-corrected chi connectivity index (χ4v) is 1.16. The number of hydrogen-bond donors (Lipinski definition) is 2. The van der Waals surface area contributed by atoms with Gasteiger partial charge in [0.15, 0.2) is 0 Å². The number of nitrogens with one attached hydrogen (secondary N) is 1. The highest BCUT2D eigenvalue weighted by Gasteiger charge is 2.40. The van der Waals surface area contributed by atoms with Gasteiger partial charge in [0.2, 0.25) is 5.91 Å². The number of allylic oxidation sites excluding steroid dienone is 1. The molecule has 0 radical (unpaired) electrons. The Labute approximate surface area is 78.0 Å². The van der Waals surface area contributed by atoms with Crippen LogP contribution in [0.1, 0.15) is 0 Å². The number of carbonyl (C=O) groups is 1. The molecule has 0 aromatic carbocycles. The van der Waals surface area contributed by atoms with Crippen LogP contribution in [0, 0.1) is 0 Å². The quantitative estimate of drug-likeness (QED) is 0.579. The van der Waals surface area contributed by atoms with Crippen molar-refractivity contribution in [1.82, 2.24) is 10.2 Å². The zero-order valence-electron chi connectivity index (χ0n) is 6.59. The number of carbonyl (C=O) groups excluding carboxylic acids is 1. The Balaban J connectivity index is 3.00. The van der Waals surface area contributed by atoms with E-state index in [1.54, 1.807) is 0 Å². The molecule has 1 aliphatic rings.